The van der Waals surface area contributed by atoms with Crippen LogP contribution in [0.25, 0.3) is 0 Å². The maximum atomic E-state index is 13.1. The molecule has 0 aromatic heterocycles. The number of aliphatic hydroxyl groups excluding tert-OH is 1. The summed E-state index contributed by atoms with van der Waals surface area (Å²) in [7, 11) is 1.46. The number of carbonyl (C=O) groups is 1. The quantitative estimate of drug-likeness (QED) is 0.590. The van der Waals surface area contributed by atoms with Gasteiger partial charge in [0.25, 0.3) is 5.91 Å². The van der Waals surface area contributed by atoms with Gasteiger partial charge in [0.05, 0.1) is 12.1 Å². The number of hydrogen-bond acceptors (Lipinski definition) is 5. The highest BCUT2D eigenvalue weighted by molar-refractivity contribution is 6.32. The smallest absolute Gasteiger partial charge is 0.260 e. The van der Waals surface area contributed by atoms with Crippen LogP contribution in [0.5, 0.6) is 17.2 Å². The van der Waals surface area contributed by atoms with Crippen LogP contribution in [0.1, 0.15) is 12.5 Å². The summed E-state index contributed by atoms with van der Waals surface area (Å²) in [6.07, 6.45) is -0.403. The van der Waals surface area contributed by atoms with Gasteiger partial charge in [-0.15, -0.1) is 0 Å². The Labute approximate surface area is 167 Å². The van der Waals surface area contributed by atoms with Gasteiger partial charge in [-0.3, -0.25) is 4.79 Å². The molecule has 6 nitrogen and oxygen atoms in total. The average molecular weight is 412 g/mol. The monoisotopic (exact) mass is 411 g/mol. The Kier molecular flexibility index (Phi) is 7.90. The maximum absolute atomic E-state index is 13.1. The summed E-state index contributed by atoms with van der Waals surface area (Å²) in [5.74, 6) is -0.556. The third-order valence-corrected chi connectivity index (χ3v) is 4.45. The molecule has 0 aliphatic carbocycles. The fourth-order valence-corrected chi connectivity index (χ4v) is 2.81. The molecular weight excluding hydrogens is 389 g/mol. The molecule has 0 radical (unpaired) electrons. The first-order chi connectivity index (χ1) is 13.3. The average Bonchev–Trinajstić information content (AvgIpc) is 2.67. The van der Waals surface area contributed by atoms with E-state index in [1.807, 2.05) is 0 Å². The zero-order chi connectivity index (χ0) is 20.7. The molecule has 0 unspecified atom stereocenters. The van der Waals surface area contributed by atoms with Crippen LogP contribution in [0.15, 0.2) is 36.4 Å². The van der Waals surface area contributed by atoms with Crippen molar-refractivity contribution in [3.8, 4) is 17.2 Å². The van der Waals surface area contributed by atoms with Gasteiger partial charge < -0.3 is 25.0 Å². The van der Waals surface area contributed by atoms with Crippen molar-refractivity contribution in [3.05, 3.63) is 52.8 Å². The van der Waals surface area contributed by atoms with Crippen molar-refractivity contribution < 1.29 is 28.9 Å². The number of methoxy groups -OCH3 is 1. The number of nitrogens with one attached hydrogen (secondary N) is 1. The molecule has 2 aromatic rings. The Bertz CT molecular complexity index is 817. The highest BCUT2D eigenvalue weighted by atomic mass is 35.5. The van der Waals surface area contributed by atoms with Crippen LogP contribution in [0.3, 0.4) is 0 Å². The number of hydrogen-bond donors (Lipinski definition) is 3. The number of aromatic hydroxyl groups is 1. The van der Waals surface area contributed by atoms with Gasteiger partial charge in [-0.2, -0.15) is 0 Å². The van der Waals surface area contributed by atoms with Crippen LogP contribution in [0.4, 0.5) is 4.39 Å². The molecule has 1 amide bonds. The molecule has 0 heterocycles. The predicted octanol–water partition coefficient (Wildman–Crippen LogP) is 2.93. The van der Waals surface area contributed by atoms with Gasteiger partial charge in [-0.25, -0.2) is 4.39 Å². The van der Waals surface area contributed by atoms with E-state index in [1.54, 1.807) is 25.1 Å². The van der Waals surface area contributed by atoms with E-state index in [0.29, 0.717) is 12.2 Å². The fourth-order valence-electron chi connectivity index (χ4n) is 2.60. The van der Waals surface area contributed by atoms with Gasteiger partial charge in [-0.1, -0.05) is 17.7 Å². The minimum Gasteiger partial charge on any atom is -0.504 e. The first-order valence-corrected chi connectivity index (χ1v) is 9.08. The molecule has 0 saturated heterocycles. The van der Waals surface area contributed by atoms with Crippen molar-refractivity contribution in [3.63, 3.8) is 0 Å². The molecule has 28 heavy (non-hydrogen) atoms. The first-order valence-electron chi connectivity index (χ1n) is 8.70. The van der Waals surface area contributed by atoms with E-state index in [0.717, 1.165) is 11.6 Å². The van der Waals surface area contributed by atoms with Crippen molar-refractivity contribution in [2.45, 2.75) is 19.4 Å². The van der Waals surface area contributed by atoms with Crippen LogP contribution in [-0.4, -0.2) is 42.5 Å². The summed E-state index contributed by atoms with van der Waals surface area (Å²) in [5.41, 5.74) is 0.800. The van der Waals surface area contributed by atoms with Gasteiger partial charge in [0.15, 0.2) is 17.6 Å². The Morgan fingerprint density at radius 1 is 1.25 bits per heavy atom. The van der Waals surface area contributed by atoms with Gasteiger partial charge in [-0.05, 0) is 49.2 Å². The van der Waals surface area contributed by atoms with Crippen LogP contribution in [-0.2, 0) is 11.2 Å². The molecule has 2 atom stereocenters. The van der Waals surface area contributed by atoms with E-state index in [2.05, 4.69) is 5.32 Å². The summed E-state index contributed by atoms with van der Waals surface area (Å²) >= 11 is 5.89. The van der Waals surface area contributed by atoms with E-state index in [4.69, 9.17) is 21.1 Å². The molecule has 8 heteroatoms. The SMILES string of the molecule is COc1ccc(C[C@@H](CO)CNC(=O)[C@@H](C)Oc2ccc(F)cc2Cl)cc1O. The van der Waals surface area contributed by atoms with E-state index in [-0.39, 0.29) is 35.6 Å². The lowest BCUT2D eigenvalue weighted by Gasteiger charge is -2.19. The van der Waals surface area contributed by atoms with E-state index < -0.39 is 17.8 Å². The Morgan fingerprint density at radius 3 is 2.57 bits per heavy atom. The lowest BCUT2D eigenvalue weighted by molar-refractivity contribution is -0.127. The van der Waals surface area contributed by atoms with Crippen LogP contribution < -0.4 is 14.8 Å². The summed E-state index contributed by atoms with van der Waals surface area (Å²) < 4.78 is 23.5. The largest absolute Gasteiger partial charge is 0.504 e. The fraction of sp³-hybridized carbons (Fsp3) is 0.350. The number of aliphatic hydroxyl groups is 1. The van der Waals surface area contributed by atoms with Crippen molar-refractivity contribution in [2.24, 2.45) is 5.92 Å². The molecule has 0 spiro atoms. The van der Waals surface area contributed by atoms with Crippen LogP contribution in [0.2, 0.25) is 5.02 Å². The predicted molar refractivity (Wildman–Crippen MR) is 103 cm³/mol. The summed E-state index contributed by atoms with van der Waals surface area (Å²) in [5, 5.41) is 22.2. The number of phenolic OH excluding ortho intramolecular Hbond substituents is 1. The zero-order valence-corrected chi connectivity index (χ0v) is 16.4. The number of ether oxygens (including phenoxy) is 2. The molecule has 2 rings (SSSR count). The highest BCUT2D eigenvalue weighted by Gasteiger charge is 2.18. The zero-order valence-electron chi connectivity index (χ0n) is 15.6. The minimum absolute atomic E-state index is 0.0129. The van der Waals surface area contributed by atoms with Crippen molar-refractivity contribution in [2.75, 3.05) is 20.3 Å². The molecule has 0 bridgehead atoms. The summed E-state index contributed by atoms with van der Waals surface area (Å²) in [4.78, 5) is 12.2. The van der Waals surface area contributed by atoms with Crippen molar-refractivity contribution in [1.82, 2.24) is 5.32 Å². The molecule has 2 aromatic carbocycles. The molecule has 0 aliphatic rings. The third-order valence-electron chi connectivity index (χ3n) is 4.16. The summed E-state index contributed by atoms with van der Waals surface area (Å²) in [6, 6.07) is 8.64. The van der Waals surface area contributed by atoms with Gasteiger partial charge in [0.2, 0.25) is 0 Å². The molecule has 3 N–H and O–H groups in total. The number of benzene rings is 2. The normalized spacial score (nSPS) is 12.9. The molecular formula is C20H23ClFNO5. The second-order valence-electron chi connectivity index (χ2n) is 6.34. The topological polar surface area (TPSA) is 88.0 Å². The molecule has 0 saturated carbocycles. The van der Waals surface area contributed by atoms with E-state index >= 15 is 0 Å². The van der Waals surface area contributed by atoms with Crippen molar-refractivity contribution >= 4 is 17.5 Å². The Morgan fingerprint density at radius 2 is 1.96 bits per heavy atom. The Hall–Kier alpha value is -2.51. The molecule has 0 aliphatic heterocycles. The molecule has 0 fully saturated rings. The van der Waals surface area contributed by atoms with E-state index in [1.165, 1.54) is 19.2 Å². The Balaban J connectivity index is 1.89. The third kappa shape index (κ3) is 6.00. The summed E-state index contributed by atoms with van der Waals surface area (Å²) in [6.45, 7) is 1.61. The lowest BCUT2D eigenvalue weighted by atomic mass is 9.99. The lowest BCUT2D eigenvalue weighted by Crippen LogP contribution is -2.40. The van der Waals surface area contributed by atoms with E-state index in [9.17, 15) is 19.4 Å². The number of phenols is 1. The maximum Gasteiger partial charge on any atom is 0.260 e. The number of rotatable bonds is 9. The van der Waals surface area contributed by atoms with Crippen LogP contribution >= 0.6 is 11.6 Å². The highest BCUT2D eigenvalue weighted by Crippen LogP contribution is 2.27. The van der Waals surface area contributed by atoms with Gasteiger partial charge in [0.1, 0.15) is 11.6 Å². The minimum atomic E-state index is -0.854. The van der Waals surface area contributed by atoms with Crippen molar-refractivity contribution in [1.29, 1.82) is 0 Å². The number of amides is 1. The standard InChI is InChI=1S/C20H23ClFNO5/c1-12(28-18-6-4-15(22)9-16(18)21)20(26)23-10-14(11-24)7-13-3-5-19(27-2)17(25)8-13/h3-6,8-9,12,14,24-25H,7,10-11H2,1-2H3,(H,23,26)/t12-,14-/m1/s1. The second-order valence-corrected chi connectivity index (χ2v) is 6.75. The van der Waals surface area contributed by atoms with Gasteiger partial charge in [0, 0.05) is 19.1 Å². The van der Waals surface area contributed by atoms with Gasteiger partial charge >= 0.3 is 0 Å². The first kappa shape index (κ1) is 21.8. The molecule has 152 valence electrons. The number of carbonyl (C=O) groups excluding carboxylic acids is 1. The second kappa shape index (κ2) is 10.1. The number of halogens is 2. The van der Waals surface area contributed by atoms with Crippen LogP contribution in [0, 0.1) is 11.7 Å².